The molecule has 3 heteroatoms. The van der Waals surface area contributed by atoms with Gasteiger partial charge in [0, 0.05) is 17.5 Å². The summed E-state index contributed by atoms with van der Waals surface area (Å²) in [4.78, 5) is 7.61. The minimum atomic E-state index is -0.501. The number of nitrogens with zero attached hydrogens (tertiary/aromatic N) is 2. The standard InChI is InChI=1S/C12H13N3/c1-8-4-5-10-11(15-8)9(6-14-10)12(2,3)7-13/h4-6,14H,1-3H3. The zero-order valence-electron chi connectivity index (χ0n) is 9.13. The lowest BCUT2D eigenvalue weighted by Gasteiger charge is -2.13. The van der Waals surface area contributed by atoms with E-state index in [1.165, 1.54) is 0 Å². The van der Waals surface area contributed by atoms with E-state index in [9.17, 15) is 0 Å². The van der Waals surface area contributed by atoms with E-state index in [2.05, 4.69) is 16.0 Å². The number of aryl methyl sites for hydroxylation is 1. The van der Waals surface area contributed by atoms with Crippen LogP contribution in [-0.2, 0) is 5.41 Å². The van der Waals surface area contributed by atoms with Crippen LogP contribution < -0.4 is 0 Å². The van der Waals surface area contributed by atoms with Crippen LogP contribution >= 0.6 is 0 Å². The predicted molar refractivity (Wildman–Crippen MR) is 59.5 cm³/mol. The Morgan fingerprint density at radius 1 is 1.40 bits per heavy atom. The normalized spacial score (nSPS) is 11.6. The molecule has 1 N–H and O–H groups in total. The molecule has 15 heavy (non-hydrogen) atoms. The van der Waals surface area contributed by atoms with Crippen LogP contribution in [0.5, 0.6) is 0 Å². The Kier molecular flexibility index (Phi) is 2.01. The molecule has 0 saturated carbocycles. The van der Waals surface area contributed by atoms with Gasteiger partial charge in [0.25, 0.3) is 0 Å². The number of aromatic amines is 1. The van der Waals surface area contributed by atoms with Crippen molar-refractivity contribution in [3.05, 3.63) is 29.6 Å². The Balaban J connectivity index is 2.74. The molecule has 2 rings (SSSR count). The van der Waals surface area contributed by atoms with E-state index in [1.807, 2.05) is 39.1 Å². The molecule has 0 aliphatic rings. The molecule has 0 amide bonds. The first-order chi connectivity index (χ1) is 7.04. The van der Waals surface area contributed by atoms with E-state index in [-0.39, 0.29) is 0 Å². The van der Waals surface area contributed by atoms with Crippen molar-refractivity contribution >= 4 is 11.0 Å². The van der Waals surface area contributed by atoms with Crippen molar-refractivity contribution in [1.82, 2.24) is 9.97 Å². The molecule has 0 unspecified atom stereocenters. The molecule has 2 heterocycles. The van der Waals surface area contributed by atoms with Gasteiger partial charge in [-0.2, -0.15) is 5.26 Å². The van der Waals surface area contributed by atoms with Crippen LogP contribution in [-0.4, -0.2) is 9.97 Å². The minimum Gasteiger partial charge on any atom is -0.360 e. The van der Waals surface area contributed by atoms with Gasteiger partial charge in [0.05, 0.1) is 22.5 Å². The van der Waals surface area contributed by atoms with E-state index in [1.54, 1.807) is 0 Å². The molecule has 0 atom stereocenters. The number of H-pyrrole nitrogens is 1. The van der Waals surface area contributed by atoms with Crippen LogP contribution in [0.25, 0.3) is 11.0 Å². The fraction of sp³-hybridized carbons (Fsp3) is 0.333. The second-order valence-corrected chi connectivity index (χ2v) is 4.29. The molecular formula is C12H13N3. The molecule has 76 valence electrons. The fourth-order valence-corrected chi connectivity index (χ4v) is 1.63. The van der Waals surface area contributed by atoms with Crippen LogP contribution in [0.4, 0.5) is 0 Å². The highest BCUT2D eigenvalue weighted by atomic mass is 14.8. The molecule has 0 aliphatic heterocycles. The molecule has 0 saturated heterocycles. The average molecular weight is 199 g/mol. The number of hydrogen-bond donors (Lipinski definition) is 1. The van der Waals surface area contributed by atoms with Gasteiger partial charge in [-0.1, -0.05) is 0 Å². The van der Waals surface area contributed by atoms with E-state index in [0.717, 1.165) is 22.3 Å². The van der Waals surface area contributed by atoms with Crippen molar-refractivity contribution in [2.24, 2.45) is 0 Å². The third-order valence-electron chi connectivity index (χ3n) is 2.61. The van der Waals surface area contributed by atoms with Crippen LogP contribution in [0.3, 0.4) is 0 Å². The van der Waals surface area contributed by atoms with Gasteiger partial charge in [-0.15, -0.1) is 0 Å². The van der Waals surface area contributed by atoms with Gasteiger partial charge in [0.2, 0.25) is 0 Å². The van der Waals surface area contributed by atoms with Crippen LogP contribution in [0.2, 0.25) is 0 Å². The summed E-state index contributed by atoms with van der Waals surface area (Å²) in [6.45, 7) is 5.76. The number of nitriles is 1. The number of fused-ring (bicyclic) bond motifs is 1. The van der Waals surface area contributed by atoms with E-state index in [4.69, 9.17) is 5.26 Å². The second-order valence-electron chi connectivity index (χ2n) is 4.29. The smallest absolute Gasteiger partial charge is 0.0929 e. The molecule has 0 fully saturated rings. The quantitative estimate of drug-likeness (QED) is 0.767. The zero-order valence-corrected chi connectivity index (χ0v) is 9.13. The Morgan fingerprint density at radius 3 is 2.80 bits per heavy atom. The third kappa shape index (κ3) is 1.48. The zero-order chi connectivity index (χ0) is 11.1. The lowest BCUT2D eigenvalue weighted by molar-refractivity contribution is 0.692. The lowest BCUT2D eigenvalue weighted by Crippen LogP contribution is -2.13. The van der Waals surface area contributed by atoms with Crippen LogP contribution in [0.15, 0.2) is 18.3 Å². The van der Waals surface area contributed by atoms with Gasteiger partial charge >= 0.3 is 0 Å². The maximum absolute atomic E-state index is 9.10. The van der Waals surface area contributed by atoms with Crippen molar-refractivity contribution in [3.63, 3.8) is 0 Å². The largest absolute Gasteiger partial charge is 0.360 e. The van der Waals surface area contributed by atoms with Crippen molar-refractivity contribution < 1.29 is 0 Å². The number of hydrogen-bond acceptors (Lipinski definition) is 2. The first-order valence-electron chi connectivity index (χ1n) is 4.91. The topological polar surface area (TPSA) is 52.5 Å². The number of rotatable bonds is 1. The summed E-state index contributed by atoms with van der Waals surface area (Å²) in [6, 6.07) is 6.25. The summed E-state index contributed by atoms with van der Waals surface area (Å²) in [5, 5.41) is 9.10. The van der Waals surface area contributed by atoms with Crippen molar-refractivity contribution in [2.45, 2.75) is 26.2 Å². The molecule has 3 nitrogen and oxygen atoms in total. The summed E-state index contributed by atoms with van der Waals surface area (Å²) in [6.07, 6.45) is 1.88. The van der Waals surface area contributed by atoms with Gasteiger partial charge in [0.1, 0.15) is 0 Å². The van der Waals surface area contributed by atoms with E-state index in [0.29, 0.717) is 0 Å². The van der Waals surface area contributed by atoms with Crippen LogP contribution in [0, 0.1) is 18.3 Å². The highest BCUT2D eigenvalue weighted by molar-refractivity contribution is 5.80. The summed E-state index contributed by atoms with van der Waals surface area (Å²) >= 11 is 0. The minimum absolute atomic E-state index is 0.501. The van der Waals surface area contributed by atoms with Crippen molar-refractivity contribution in [3.8, 4) is 6.07 Å². The molecule has 0 aliphatic carbocycles. The van der Waals surface area contributed by atoms with E-state index < -0.39 is 5.41 Å². The maximum Gasteiger partial charge on any atom is 0.0929 e. The molecule has 0 spiro atoms. The summed E-state index contributed by atoms with van der Waals surface area (Å²) in [5.41, 5.74) is 3.32. The number of nitrogens with one attached hydrogen (secondary N) is 1. The molecular weight excluding hydrogens is 186 g/mol. The summed E-state index contributed by atoms with van der Waals surface area (Å²) in [7, 11) is 0. The molecule has 2 aromatic rings. The van der Waals surface area contributed by atoms with Gasteiger partial charge in [-0.05, 0) is 32.9 Å². The summed E-state index contributed by atoms with van der Waals surface area (Å²) in [5.74, 6) is 0. The van der Waals surface area contributed by atoms with Crippen molar-refractivity contribution in [2.75, 3.05) is 0 Å². The van der Waals surface area contributed by atoms with Gasteiger partial charge in [-0.25, -0.2) is 0 Å². The van der Waals surface area contributed by atoms with E-state index >= 15 is 0 Å². The third-order valence-corrected chi connectivity index (χ3v) is 2.61. The summed E-state index contributed by atoms with van der Waals surface area (Å²) < 4.78 is 0. The first-order valence-corrected chi connectivity index (χ1v) is 4.91. The Morgan fingerprint density at radius 2 is 2.13 bits per heavy atom. The molecule has 0 radical (unpaired) electrons. The molecule has 0 aromatic carbocycles. The number of pyridine rings is 1. The Labute approximate surface area is 88.8 Å². The highest BCUT2D eigenvalue weighted by Crippen LogP contribution is 2.28. The lowest BCUT2D eigenvalue weighted by atomic mass is 9.87. The fourth-order valence-electron chi connectivity index (χ4n) is 1.63. The van der Waals surface area contributed by atoms with Crippen molar-refractivity contribution in [1.29, 1.82) is 5.26 Å². The highest BCUT2D eigenvalue weighted by Gasteiger charge is 2.24. The van der Waals surface area contributed by atoms with Gasteiger partial charge in [-0.3, -0.25) is 4.98 Å². The van der Waals surface area contributed by atoms with Gasteiger partial charge < -0.3 is 4.98 Å². The van der Waals surface area contributed by atoms with Crippen LogP contribution in [0.1, 0.15) is 25.1 Å². The Hall–Kier alpha value is -1.82. The molecule has 2 aromatic heterocycles. The second kappa shape index (κ2) is 3.09. The monoisotopic (exact) mass is 199 g/mol. The number of aromatic nitrogens is 2. The van der Waals surface area contributed by atoms with Gasteiger partial charge in [0.15, 0.2) is 0 Å². The predicted octanol–water partition coefficient (Wildman–Crippen LogP) is 2.67. The SMILES string of the molecule is Cc1ccc2[nH]cc(C(C)(C)C#N)c2n1. The molecule has 0 bridgehead atoms. The first kappa shape index (κ1) is 9.72. The Bertz CT molecular complexity index is 543. The average Bonchev–Trinajstić information content (AvgIpc) is 2.61. The maximum atomic E-state index is 9.10.